The second kappa shape index (κ2) is 9.50. The number of amides is 5. The first-order chi connectivity index (χ1) is 16.5. The minimum Gasteiger partial charge on any atom is -0.338 e. The summed E-state index contributed by atoms with van der Waals surface area (Å²) >= 11 is 0. The third-order valence-corrected chi connectivity index (χ3v) is 7.45. The van der Waals surface area contributed by atoms with Gasteiger partial charge in [0.05, 0.1) is 5.56 Å². The lowest BCUT2D eigenvalue weighted by atomic mass is 9.75. The number of piperazine rings is 1. The highest BCUT2D eigenvalue weighted by Gasteiger charge is 2.52. The van der Waals surface area contributed by atoms with E-state index in [4.69, 9.17) is 0 Å². The van der Waals surface area contributed by atoms with Crippen molar-refractivity contribution in [3.05, 3.63) is 35.4 Å². The first-order valence-corrected chi connectivity index (χ1v) is 11.9. The van der Waals surface area contributed by atoms with Crippen molar-refractivity contribution in [1.29, 1.82) is 0 Å². The number of carbonyl (C=O) groups is 4. The van der Waals surface area contributed by atoms with Crippen molar-refractivity contribution >= 4 is 23.8 Å². The second-order valence-electron chi connectivity index (χ2n) is 9.50. The van der Waals surface area contributed by atoms with Crippen LogP contribution in [0.1, 0.15) is 54.9 Å². The van der Waals surface area contributed by atoms with Gasteiger partial charge in [-0.15, -0.1) is 0 Å². The van der Waals surface area contributed by atoms with E-state index in [1.165, 1.54) is 9.80 Å². The standard InChI is InChI=1S/C24H29F3N4O4/c1-2-16-7-9-23(10-8-16)21(34)31(22(35)28-23)15-19(32)29-11-13-30(14-12-29)20(33)17-3-5-18(6-4-17)24(25,26)27/h3-6,16H,2,7-15H2,1H3,(H,28,35). The Labute approximate surface area is 201 Å². The predicted molar refractivity (Wildman–Crippen MR) is 119 cm³/mol. The highest BCUT2D eigenvalue weighted by Crippen LogP contribution is 2.37. The van der Waals surface area contributed by atoms with Crippen LogP contribution in [-0.4, -0.2) is 76.7 Å². The highest BCUT2D eigenvalue weighted by atomic mass is 19.4. The van der Waals surface area contributed by atoms with E-state index in [2.05, 4.69) is 12.2 Å². The van der Waals surface area contributed by atoms with Gasteiger partial charge in [0, 0.05) is 31.7 Å². The topological polar surface area (TPSA) is 90.0 Å². The Morgan fingerprint density at radius 2 is 1.57 bits per heavy atom. The molecule has 3 aliphatic rings. The second-order valence-corrected chi connectivity index (χ2v) is 9.50. The van der Waals surface area contributed by atoms with Gasteiger partial charge in [-0.2, -0.15) is 13.2 Å². The molecule has 5 amide bonds. The van der Waals surface area contributed by atoms with Crippen molar-refractivity contribution in [3.63, 3.8) is 0 Å². The molecule has 0 bridgehead atoms. The molecule has 1 aromatic carbocycles. The molecule has 1 spiro atoms. The Morgan fingerprint density at radius 1 is 1.00 bits per heavy atom. The molecule has 8 nitrogen and oxygen atoms in total. The van der Waals surface area contributed by atoms with Crippen LogP contribution in [0.15, 0.2) is 24.3 Å². The van der Waals surface area contributed by atoms with Crippen molar-refractivity contribution < 1.29 is 32.3 Å². The molecule has 0 aromatic heterocycles. The molecule has 3 fully saturated rings. The lowest BCUT2D eigenvalue weighted by Crippen LogP contribution is -2.53. The van der Waals surface area contributed by atoms with Crippen LogP contribution in [0.2, 0.25) is 0 Å². The number of carbonyl (C=O) groups excluding carboxylic acids is 4. The van der Waals surface area contributed by atoms with Crippen molar-refractivity contribution in [2.75, 3.05) is 32.7 Å². The fourth-order valence-corrected chi connectivity index (χ4v) is 5.12. The van der Waals surface area contributed by atoms with Crippen LogP contribution in [0.4, 0.5) is 18.0 Å². The van der Waals surface area contributed by atoms with Crippen molar-refractivity contribution in [2.45, 2.75) is 50.7 Å². The molecule has 0 unspecified atom stereocenters. The molecule has 1 aliphatic carbocycles. The highest BCUT2D eigenvalue weighted by molar-refractivity contribution is 6.09. The fourth-order valence-electron chi connectivity index (χ4n) is 5.12. The zero-order chi connectivity index (χ0) is 25.4. The van der Waals surface area contributed by atoms with Gasteiger partial charge in [0.1, 0.15) is 12.1 Å². The van der Waals surface area contributed by atoms with Gasteiger partial charge in [-0.25, -0.2) is 4.79 Å². The molecule has 4 rings (SSSR count). The van der Waals surface area contributed by atoms with Gasteiger partial charge >= 0.3 is 12.2 Å². The summed E-state index contributed by atoms with van der Waals surface area (Å²) in [5.74, 6) is -0.594. The van der Waals surface area contributed by atoms with Gasteiger partial charge in [0.15, 0.2) is 0 Å². The van der Waals surface area contributed by atoms with Crippen LogP contribution in [0.5, 0.6) is 0 Å². The molecule has 11 heteroatoms. The predicted octanol–water partition coefficient (Wildman–Crippen LogP) is 2.88. The van der Waals surface area contributed by atoms with Crippen molar-refractivity contribution in [3.8, 4) is 0 Å². The molecule has 0 radical (unpaired) electrons. The third kappa shape index (κ3) is 4.99. The summed E-state index contributed by atoms with van der Waals surface area (Å²) in [5, 5.41) is 2.82. The summed E-state index contributed by atoms with van der Waals surface area (Å²) in [6, 6.07) is 3.47. The van der Waals surface area contributed by atoms with Crippen LogP contribution < -0.4 is 5.32 Å². The number of rotatable bonds is 4. The molecule has 1 aromatic rings. The number of hydrogen-bond acceptors (Lipinski definition) is 4. The average molecular weight is 495 g/mol. The van der Waals surface area contributed by atoms with Crippen molar-refractivity contribution in [1.82, 2.24) is 20.0 Å². The summed E-state index contributed by atoms with van der Waals surface area (Å²) in [6.07, 6.45) is -0.570. The van der Waals surface area contributed by atoms with E-state index in [-0.39, 0.29) is 50.1 Å². The minimum absolute atomic E-state index is 0.139. The molecule has 190 valence electrons. The summed E-state index contributed by atoms with van der Waals surface area (Å²) in [6.45, 7) is 2.58. The number of urea groups is 1. The van der Waals surface area contributed by atoms with Gasteiger partial charge in [0.25, 0.3) is 11.8 Å². The average Bonchev–Trinajstić information content (AvgIpc) is 3.07. The Kier molecular flexibility index (Phi) is 6.79. The molecule has 2 aliphatic heterocycles. The van der Waals surface area contributed by atoms with E-state index in [1.54, 1.807) is 0 Å². The van der Waals surface area contributed by atoms with Crippen LogP contribution in [0.3, 0.4) is 0 Å². The third-order valence-electron chi connectivity index (χ3n) is 7.45. The lowest BCUT2D eigenvalue weighted by molar-refractivity contribution is -0.140. The zero-order valence-corrected chi connectivity index (χ0v) is 19.6. The van der Waals surface area contributed by atoms with Gasteiger partial charge < -0.3 is 15.1 Å². The fraction of sp³-hybridized carbons (Fsp3) is 0.583. The molecule has 35 heavy (non-hydrogen) atoms. The maximum absolute atomic E-state index is 13.0. The Hall–Kier alpha value is -3.11. The summed E-state index contributed by atoms with van der Waals surface area (Å²) in [4.78, 5) is 55.0. The number of nitrogens with zero attached hydrogens (tertiary/aromatic N) is 3. The van der Waals surface area contributed by atoms with E-state index < -0.39 is 29.2 Å². The summed E-state index contributed by atoms with van der Waals surface area (Å²) in [7, 11) is 0. The van der Waals surface area contributed by atoms with Crippen LogP contribution >= 0.6 is 0 Å². The molecule has 2 saturated heterocycles. The largest absolute Gasteiger partial charge is 0.416 e. The number of benzene rings is 1. The first-order valence-electron chi connectivity index (χ1n) is 11.9. The van der Waals surface area contributed by atoms with Crippen LogP contribution in [-0.2, 0) is 15.8 Å². The first kappa shape index (κ1) is 25.0. The van der Waals surface area contributed by atoms with Crippen LogP contribution in [0, 0.1) is 5.92 Å². The zero-order valence-electron chi connectivity index (χ0n) is 19.6. The van der Waals surface area contributed by atoms with E-state index in [9.17, 15) is 32.3 Å². The smallest absolute Gasteiger partial charge is 0.338 e. The number of hydrogen-bond donors (Lipinski definition) is 1. The summed E-state index contributed by atoms with van der Waals surface area (Å²) < 4.78 is 38.2. The lowest BCUT2D eigenvalue weighted by Gasteiger charge is -2.36. The van der Waals surface area contributed by atoms with E-state index >= 15 is 0 Å². The molecule has 1 N–H and O–H groups in total. The normalized spacial score (nSPS) is 25.3. The van der Waals surface area contributed by atoms with Crippen molar-refractivity contribution in [2.24, 2.45) is 5.92 Å². The van der Waals surface area contributed by atoms with E-state index in [0.717, 1.165) is 48.4 Å². The Balaban J connectivity index is 1.30. The number of halogens is 3. The Morgan fingerprint density at radius 3 is 2.11 bits per heavy atom. The number of nitrogens with one attached hydrogen (secondary N) is 1. The number of imide groups is 1. The summed E-state index contributed by atoms with van der Waals surface area (Å²) in [5.41, 5.74) is -1.60. The maximum Gasteiger partial charge on any atom is 0.416 e. The number of alkyl halides is 3. The quantitative estimate of drug-likeness (QED) is 0.652. The molecule has 0 atom stereocenters. The minimum atomic E-state index is -4.48. The van der Waals surface area contributed by atoms with Gasteiger partial charge in [-0.3, -0.25) is 19.3 Å². The SMILES string of the molecule is CCC1CCC2(CC1)NC(=O)N(CC(=O)N1CCN(C(=O)c3ccc(C(F)(F)F)cc3)CC1)C2=O. The van der Waals surface area contributed by atoms with E-state index in [1.807, 2.05) is 0 Å². The molecule has 2 heterocycles. The van der Waals surface area contributed by atoms with Gasteiger partial charge in [-0.05, 0) is 55.9 Å². The maximum atomic E-state index is 13.0. The Bertz CT molecular complexity index is 995. The molecular formula is C24H29F3N4O4. The molecule has 1 saturated carbocycles. The van der Waals surface area contributed by atoms with Gasteiger partial charge in [-0.1, -0.05) is 13.3 Å². The monoisotopic (exact) mass is 494 g/mol. The molecular weight excluding hydrogens is 465 g/mol. The van der Waals surface area contributed by atoms with Crippen LogP contribution in [0.25, 0.3) is 0 Å². The van der Waals surface area contributed by atoms with Gasteiger partial charge in [0.2, 0.25) is 5.91 Å². The van der Waals surface area contributed by atoms with E-state index in [0.29, 0.717) is 18.8 Å².